The van der Waals surface area contributed by atoms with Crippen molar-refractivity contribution in [2.75, 3.05) is 26.5 Å². The van der Waals surface area contributed by atoms with Crippen LogP contribution < -0.4 is 14.8 Å². The molecule has 0 amide bonds. The molecular formula is C21H24N2O2S. The summed E-state index contributed by atoms with van der Waals surface area (Å²) in [6.07, 6.45) is 2.17. The quantitative estimate of drug-likeness (QED) is 0.871. The minimum Gasteiger partial charge on any atom is -0.497 e. The Kier molecular flexibility index (Phi) is 5.07. The second-order valence-electron chi connectivity index (χ2n) is 6.64. The molecule has 0 aromatic heterocycles. The van der Waals surface area contributed by atoms with Crippen LogP contribution in [0.4, 0.5) is 0 Å². The maximum absolute atomic E-state index is 5.48. The molecule has 0 fully saturated rings. The van der Waals surface area contributed by atoms with E-state index in [-0.39, 0.29) is 0 Å². The first kappa shape index (κ1) is 17.3. The fraction of sp³-hybridized carbons (Fsp3) is 0.381. The van der Waals surface area contributed by atoms with Gasteiger partial charge in [-0.1, -0.05) is 36.0 Å². The van der Waals surface area contributed by atoms with Gasteiger partial charge in [0, 0.05) is 17.7 Å². The average molecular weight is 369 g/mol. The Balaban J connectivity index is 1.68. The van der Waals surface area contributed by atoms with E-state index in [2.05, 4.69) is 46.7 Å². The highest BCUT2D eigenvalue weighted by molar-refractivity contribution is 8.14. The van der Waals surface area contributed by atoms with Gasteiger partial charge in [0.15, 0.2) is 5.17 Å². The molecule has 1 N–H and O–H groups in total. The number of benzene rings is 2. The first-order valence-corrected chi connectivity index (χ1v) is 10.0. The number of aliphatic imine (C=N–C) groups is 1. The molecule has 1 aliphatic heterocycles. The summed E-state index contributed by atoms with van der Waals surface area (Å²) >= 11 is 1.82. The van der Waals surface area contributed by atoms with Crippen molar-refractivity contribution in [2.24, 2.45) is 4.99 Å². The molecule has 2 aliphatic rings. The van der Waals surface area contributed by atoms with E-state index < -0.39 is 0 Å². The molecule has 136 valence electrons. The fourth-order valence-corrected chi connectivity index (χ4v) is 4.67. The van der Waals surface area contributed by atoms with E-state index in [1.807, 2.05) is 17.8 Å². The molecule has 0 radical (unpaired) electrons. The van der Waals surface area contributed by atoms with Gasteiger partial charge in [0.25, 0.3) is 0 Å². The number of nitrogens with zero attached hydrogens (tertiary/aromatic N) is 1. The number of fused-ring (bicyclic) bond motifs is 1. The van der Waals surface area contributed by atoms with Crippen molar-refractivity contribution in [3.63, 3.8) is 0 Å². The topological polar surface area (TPSA) is 42.9 Å². The molecule has 0 saturated heterocycles. The molecule has 2 aromatic carbocycles. The minimum absolute atomic E-state index is 0.333. The van der Waals surface area contributed by atoms with E-state index in [9.17, 15) is 0 Å². The molecule has 0 saturated carbocycles. The molecule has 5 heteroatoms. The lowest BCUT2D eigenvalue weighted by Gasteiger charge is -2.33. The third kappa shape index (κ3) is 3.40. The molecule has 1 aliphatic carbocycles. The van der Waals surface area contributed by atoms with Crippen LogP contribution in [0.5, 0.6) is 11.5 Å². The Morgan fingerprint density at radius 3 is 2.38 bits per heavy atom. The number of rotatable bonds is 4. The Morgan fingerprint density at radius 2 is 1.73 bits per heavy atom. The molecule has 26 heavy (non-hydrogen) atoms. The summed E-state index contributed by atoms with van der Waals surface area (Å²) in [6.45, 7) is 0.924. The summed E-state index contributed by atoms with van der Waals surface area (Å²) in [5.74, 6) is 3.12. The first-order valence-electron chi connectivity index (χ1n) is 9.04. The van der Waals surface area contributed by atoms with Gasteiger partial charge in [-0.3, -0.25) is 4.99 Å². The number of amidine groups is 1. The highest BCUT2D eigenvalue weighted by Crippen LogP contribution is 2.43. The molecule has 4 nitrogen and oxygen atoms in total. The van der Waals surface area contributed by atoms with Crippen molar-refractivity contribution in [3.8, 4) is 11.5 Å². The predicted molar refractivity (Wildman–Crippen MR) is 108 cm³/mol. The van der Waals surface area contributed by atoms with Crippen LogP contribution in [-0.4, -0.2) is 31.7 Å². The Morgan fingerprint density at radius 1 is 1.00 bits per heavy atom. The van der Waals surface area contributed by atoms with Crippen molar-refractivity contribution in [2.45, 2.75) is 24.8 Å². The second kappa shape index (κ2) is 7.62. The molecule has 0 spiro atoms. The number of hydrogen-bond acceptors (Lipinski definition) is 5. The van der Waals surface area contributed by atoms with Crippen LogP contribution in [0.1, 0.15) is 41.5 Å². The average Bonchev–Trinajstić information content (AvgIpc) is 3.21. The summed E-state index contributed by atoms with van der Waals surface area (Å²) in [7, 11) is 3.40. The van der Waals surface area contributed by atoms with Gasteiger partial charge in [-0.15, -0.1) is 0 Å². The van der Waals surface area contributed by atoms with Crippen LogP contribution in [0.2, 0.25) is 0 Å². The second-order valence-corrected chi connectivity index (χ2v) is 7.72. The number of nitrogens with one attached hydrogen (secondary N) is 1. The van der Waals surface area contributed by atoms with Crippen LogP contribution >= 0.6 is 11.8 Å². The number of methoxy groups -OCH3 is 2. The first-order chi connectivity index (χ1) is 12.8. The van der Waals surface area contributed by atoms with E-state index in [4.69, 9.17) is 9.47 Å². The summed E-state index contributed by atoms with van der Waals surface area (Å²) in [4.78, 5) is 4.56. The lowest BCUT2D eigenvalue weighted by atomic mass is 9.76. The van der Waals surface area contributed by atoms with Crippen LogP contribution in [0.15, 0.2) is 47.5 Å². The lowest BCUT2D eigenvalue weighted by molar-refractivity contribution is 0.392. The number of hydrogen-bond donors (Lipinski definition) is 1. The smallest absolute Gasteiger partial charge is 0.157 e. The van der Waals surface area contributed by atoms with Crippen molar-refractivity contribution in [1.29, 1.82) is 0 Å². The van der Waals surface area contributed by atoms with Crippen LogP contribution in [0, 0.1) is 0 Å². The monoisotopic (exact) mass is 368 g/mol. The minimum atomic E-state index is 0.333. The van der Waals surface area contributed by atoms with Crippen LogP contribution in [0.25, 0.3) is 0 Å². The largest absolute Gasteiger partial charge is 0.497 e. The van der Waals surface area contributed by atoms with Crippen molar-refractivity contribution in [3.05, 3.63) is 59.2 Å². The Bertz CT molecular complexity index is 799. The molecule has 2 unspecified atom stereocenters. The molecule has 4 rings (SSSR count). The van der Waals surface area contributed by atoms with Gasteiger partial charge in [0.2, 0.25) is 0 Å². The molecule has 1 heterocycles. The Hall–Kier alpha value is -2.14. The zero-order valence-corrected chi connectivity index (χ0v) is 16.0. The zero-order chi connectivity index (χ0) is 17.9. The highest BCUT2D eigenvalue weighted by Gasteiger charge is 2.29. The van der Waals surface area contributed by atoms with Gasteiger partial charge < -0.3 is 14.8 Å². The van der Waals surface area contributed by atoms with E-state index in [0.717, 1.165) is 41.8 Å². The third-order valence-corrected chi connectivity index (χ3v) is 6.06. The number of thioether (sulfide) groups is 1. The van der Waals surface area contributed by atoms with Gasteiger partial charge in [-0.05, 0) is 41.7 Å². The van der Waals surface area contributed by atoms with E-state index in [1.54, 1.807) is 14.2 Å². The van der Waals surface area contributed by atoms with E-state index in [1.165, 1.54) is 16.7 Å². The summed E-state index contributed by atoms with van der Waals surface area (Å²) in [6, 6.07) is 15.3. The molecule has 2 atom stereocenters. The summed E-state index contributed by atoms with van der Waals surface area (Å²) in [5.41, 5.74) is 4.01. The normalized spacial score (nSPS) is 21.7. The Labute approximate surface area is 159 Å². The van der Waals surface area contributed by atoms with Gasteiger partial charge in [0.1, 0.15) is 11.5 Å². The van der Waals surface area contributed by atoms with E-state index >= 15 is 0 Å². The molecule has 2 aromatic rings. The summed E-state index contributed by atoms with van der Waals surface area (Å²) in [5, 5.41) is 4.74. The van der Waals surface area contributed by atoms with Gasteiger partial charge in [0.05, 0.1) is 26.8 Å². The third-order valence-electron chi connectivity index (χ3n) is 5.15. The van der Waals surface area contributed by atoms with Crippen LogP contribution in [-0.2, 0) is 0 Å². The van der Waals surface area contributed by atoms with E-state index in [0.29, 0.717) is 12.0 Å². The maximum atomic E-state index is 5.48. The predicted octanol–water partition coefficient (Wildman–Crippen LogP) is 4.36. The van der Waals surface area contributed by atoms with Crippen molar-refractivity contribution < 1.29 is 9.47 Å². The zero-order valence-electron chi connectivity index (χ0n) is 15.2. The number of ether oxygens (including phenoxy) is 2. The lowest BCUT2D eigenvalue weighted by Crippen LogP contribution is -2.29. The molecular weight excluding hydrogens is 344 g/mol. The maximum Gasteiger partial charge on any atom is 0.157 e. The SMILES string of the molecule is COc1cc(OC)cc(C2CCC(NC3=NCCS3)c3ccccc32)c1. The van der Waals surface area contributed by atoms with Crippen LogP contribution in [0.3, 0.4) is 0 Å². The van der Waals surface area contributed by atoms with Gasteiger partial charge in [-0.2, -0.15) is 0 Å². The highest BCUT2D eigenvalue weighted by atomic mass is 32.2. The van der Waals surface area contributed by atoms with Gasteiger partial charge in [-0.25, -0.2) is 0 Å². The van der Waals surface area contributed by atoms with Crippen molar-refractivity contribution >= 4 is 16.9 Å². The standard InChI is InChI=1S/C21H24N2O2S/c1-24-15-11-14(12-16(13-15)25-2)17-7-8-20(23-21-22-9-10-26-21)19-6-4-3-5-18(17)19/h3-6,11-13,17,20H,7-10H2,1-2H3,(H,22,23). The summed E-state index contributed by atoms with van der Waals surface area (Å²) < 4.78 is 11.0. The van der Waals surface area contributed by atoms with Crippen molar-refractivity contribution in [1.82, 2.24) is 5.32 Å². The fourth-order valence-electron chi connectivity index (χ4n) is 3.89. The van der Waals surface area contributed by atoms with Gasteiger partial charge >= 0.3 is 0 Å². The molecule has 0 bridgehead atoms.